The first kappa shape index (κ1) is 16.8. The Morgan fingerprint density at radius 1 is 1.30 bits per heavy atom. The molecule has 0 aliphatic heterocycles. The van der Waals surface area contributed by atoms with Crippen LogP contribution in [0.5, 0.6) is 11.5 Å². The molecule has 2 aromatic rings. The van der Waals surface area contributed by atoms with Gasteiger partial charge < -0.3 is 14.5 Å². The van der Waals surface area contributed by atoms with Crippen LogP contribution >= 0.6 is 0 Å². The molecule has 0 radical (unpaired) electrons. The molecule has 0 atom stereocenters. The maximum atomic E-state index is 12.3. The highest BCUT2D eigenvalue weighted by atomic mass is 16.5. The summed E-state index contributed by atoms with van der Waals surface area (Å²) < 4.78 is 10.5. The maximum absolute atomic E-state index is 12.3. The lowest BCUT2D eigenvalue weighted by molar-refractivity contribution is 0.279. The second-order valence-corrected chi connectivity index (χ2v) is 5.01. The van der Waals surface area contributed by atoms with Crippen molar-refractivity contribution in [3.8, 4) is 17.6 Å². The number of aromatic nitrogens is 2. The number of hydrogen-bond donors (Lipinski definition) is 1. The number of hydrogen-bond acceptors (Lipinski definition) is 6. The smallest absolute Gasteiger partial charge is 0.258 e. The van der Waals surface area contributed by atoms with E-state index in [4.69, 9.17) is 14.7 Å². The number of rotatable bonds is 7. The SMILES string of the molecule is CCN(CCC#N)Cc1nc2cc(OC)c(OC)cc2c(=O)[nH]1. The minimum atomic E-state index is -0.220. The van der Waals surface area contributed by atoms with Crippen LogP contribution in [0.3, 0.4) is 0 Å². The summed E-state index contributed by atoms with van der Waals surface area (Å²) in [6, 6.07) is 5.44. The summed E-state index contributed by atoms with van der Waals surface area (Å²) in [5, 5.41) is 9.14. The Bertz CT molecular complexity index is 779. The molecule has 7 nitrogen and oxygen atoms in total. The van der Waals surface area contributed by atoms with Gasteiger partial charge >= 0.3 is 0 Å². The highest BCUT2D eigenvalue weighted by molar-refractivity contribution is 5.81. The van der Waals surface area contributed by atoms with E-state index >= 15 is 0 Å². The van der Waals surface area contributed by atoms with Gasteiger partial charge in [-0.1, -0.05) is 6.92 Å². The molecule has 0 spiro atoms. The molecule has 1 heterocycles. The first-order chi connectivity index (χ1) is 11.1. The maximum Gasteiger partial charge on any atom is 0.258 e. The summed E-state index contributed by atoms with van der Waals surface area (Å²) in [5.41, 5.74) is 0.333. The number of fused-ring (bicyclic) bond motifs is 1. The van der Waals surface area contributed by atoms with Crippen molar-refractivity contribution in [1.82, 2.24) is 14.9 Å². The molecule has 23 heavy (non-hydrogen) atoms. The highest BCUT2D eigenvalue weighted by Gasteiger charge is 2.12. The normalized spacial score (nSPS) is 10.7. The quantitative estimate of drug-likeness (QED) is 0.835. The van der Waals surface area contributed by atoms with Gasteiger partial charge in [0.15, 0.2) is 11.5 Å². The molecule has 0 aliphatic carbocycles. The van der Waals surface area contributed by atoms with E-state index in [-0.39, 0.29) is 5.56 Å². The molecule has 7 heteroatoms. The zero-order chi connectivity index (χ0) is 16.8. The van der Waals surface area contributed by atoms with Crippen LogP contribution in [0.15, 0.2) is 16.9 Å². The monoisotopic (exact) mass is 316 g/mol. The Kier molecular flexibility index (Phi) is 5.55. The number of nitrogens with one attached hydrogen (secondary N) is 1. The number of methoxy groups -OCH3 is 2. The summed E-state index contributed by atoms with van der Waals surface area (Å²) in [7, 11) is 3.06. The number of benzene rings is 1. The van der Waals surface area contributed by atoms with Gasteiger partial charge in [0, 0.05) is 19.0 Å². The Morgan fingerprint density at radius 2 is 2.00 bits per heavy atom. The molecule has 0 fully saturated rings. The molecule has 122 valence electrons. The lowest BCUT2D eigenvalue weighted by atomic mass is 10.2. The van der Waals surface area contributed by atoms with Crippen molar-refractivity contribution in [3.05, 3.63) is 28.3 Å². The Labute approximate surface area is 134 Å². The highest BCUT2D eigenvalue weighted by Crippen LogP contribution is 2.29. The van der Waals surface area contributed by atoms with Crippen LogP contribution in [0, 0.1) is 11.3 Å². The minimum Gasteiger partial charge on any atom is -0.493 e. The van der Waals surface area contributed by atoms with E-state index in [9.17, 15) is 4.79 Å². The molecule has 1 aromatic heterocycles. The number of nitrogens with zero attached hydrogens (tertiary/aromatic N) is 3. The fourth-order valence-corrected chi connectivity index (χ4v) is 2.36. The van der Waals surface area contributed by atoms with E-state index in [1.165, 1.54) is 7.11 Å². The standard InChI is InChI=1S/C16H20N4O3/c1-4-20(7-5-6-17)10-15-18-12-9-14(23-3)13(22-2)8-11(12)16(21)19-15/h8-9H,4-5,7,10H2,1-3H3,(H,18,19,21). The van der Waals surface area contributed by atoms with Crippen molar-refractivity contribution >= 4 is 10.9 Å². The van der Waals surface area contributed by atoms with Crippen LogP contribution in [0.25, 0.3) is 10.9 Å². The second-order valence-electron chi connectivity index (χ2n) is 5.01. The zero-order valence-corrected chi connectivity index (χ0v) is 13.5. The lowest BCUT2D eigenvalue weighted by Gasteiger charge is -2.18. The van der Waals surface area contributed by atoms with Crippen molar-refractivity contribution < 1.29 is 9.47 Å². The van der Waals surface area contributed by atoms with Crippen molar-refractivity contribution in [2.45, 2.75) is 19.9 Å². The first-order valence-corrected chi connectivity index (χ1v) is 7.37. The van der Waals surface area contributed by atoms with Gasteiger partial charge in [0.1, 0.15) is 5.82 Å². The van der Waals surface area contributed by atoms with Crippen LogP contribution in [-0.2, 0) is 6.54 Å². The van der Waals surface area contributed by atoms with Crippen molar-refractivity contribution in [2.75, 3.05) is 27.3 Å². The van der Waals surface area contributed by atoms with Gasteiger partial charge in [-0.3, -0.25) is 9.69 Å². The van der Waals surface area contributed by atoms with Gasteiger partial charge in [-0.25, -0.2) is 4.98 Å². The number of nitriles is 1. The van der Waals surface area contributed by atoms with Crippen LogP contribution in [-0.4, -0.2) is 42.2 Å². The fourth-order valence-electron chi connectivity index (χ4n) is 2.36. The van der Waals surface area contributed by atoms with Crippen LogP contribution in [0.1, 0.15) is 19.2 Å². The molecule has 0 aliphatic rings. The minimum absolute atomic E-state index is 0.220. The van der Waals surface area contributed by atoms with E-state index in [0.717, 1.165) is 6.54 Å². The average Bonchev–Trinajstić information content (AvgIpc) is 2.57. The van der Waals surface area contributed by atoms with Crippen LogP contribution in [0.2, 0.25) is 0 Å². The molecule has 1 aromatic carbocycles. The van der Waals surface area contributed by atoms with Crippen molar-refractivity contribution in [1.29, 1.82) is 5.26 Å². The van der Waals surface area contributed by atoms with Gasteiger partial charge in [0.2, 0.25) is 0 Å². The summed E-state index contributed by atoms with van der Waals surface area (Å²) >= 11 is 0. The van der Waals surface area contributed by atoms with Crippen molar-refractivity contribution in [2.24, 2.45) is 0 Å². The summed E-state index contributed by atoms with van der Waals surface area (Å²) in [6.45, 7) is 3.90. The lowest BCUT2D eigenvalue weighted by Crippen LogP contribution is -2.26. The largest absolute Gasteiger partial charge is 0.493 e. The van der Waals surface area contributed by atoms with Gasteiger partial charge in [-0.05, 0) is 12.6 Å². The number of aromatic amines is 1. The molecule has 0 saturated heterocycles. The molecular formula is C16H20N4O3. The Hall–Kier alpha value is -2.59. The molecule has 2 rings (SSSR count). The predicted molar refractivity (Wildman–Crippen MR) is 86.6 cm³/mol. The van der Waals surface area contributed by atoms with Gasteiger partial charge in [-0.15, -0.1) is 0 Å². The molecule has 0 unspecified atom stereocenters. The number of H-pyrrole nitrogens is 1. The topological polar surface area (TPSA) is 91.2 Å². The predicted octanol–water partition coefficient (Wildman–Crippen LogP) is 1.68. The van der Waals surface area contributed by atoms with E-state index < -0.39 is 0 Å². The van der Waals surface area contributed by atoms with Crippen molar-refractivity contribution in [3.63, 3.8) is 0 Å². The van der Waals surface area contributed by atoms with Gasteiger partial charge in [0.05, 0.1) is 37.7 Å². The molecule has 0 saturated carbocycles. The summed E-state index contributed by atoms with van der Waals surface area (Å²) in [6.07, 6.45) is 0.441. The van der Waals surface area contributed by atoms with Crippen LogP contribution < -0.4 is 15.0 Å². The second kappa shape index (κ2) is 7.61. The van der Waals surface area contributed by atoms with E-state index in [0.29, 0.717) is 47.7 Å². The third kappa shape index (κ3) is 3.79. The zero-order valence-electron chi connectivity index (χ0n) is 13.5. The van der Waals surface area contributed by atoms with Crippen LogP contribution in [0.4, 0.5) is 0 Å². The molecule has 0 amide bonds. The van der Waals surface area contributed by atoms with E-state index in [1.807, 2.05) is 11.8 Å². The Morgan fingerprint density at radius 3 is 2.61 bits per heavy atom. The molecule has 1 N–H and O–H groups in total. The van der Waals surface area contributed by atoms with Gasteiger partial charge in [0.25, 0.3) is 5.56 Å². The first-order valence-electron chi connectivity index (χ1n) is 7.37. The van der Waals surface area contributed by atoms with Gasteiger partial charge in [-0.2, -0.15) is 5.26 Å². The molecule has 0 bridgehead atoms. The Balaban J connectivity index is 2.40. The summed E-state index contributed by atoms with van der Waals surface area (Å²) in [4.78, 5) is 21.6. The van der Waals surface area contributed by atoms with E-state index in [2.05, 4.69) is 16.0 Å². The van der Waals surface area contributed by atoms with E-state index in [1.54, 1.807) is 19.2 Å². The average molecular weight is 316 g/mol. The fraction of sp³-hybridized carbons (Fsp3) is 0.438. The molecular weight excluding hydrogens is 296 g/mol. The number of ether oxygens (including phenoxy) is 2. The third-order valence-corrected chi connectivity index (χ3v) is 3.62. The third-order valence-electron chi connectivity index (χ3n) is 3.62. The summed E-state index contributed by atoms with van der Waals surface area (Å²) in [5.74, 6) is 1.58.